The monoisotopic (exact) mass is 390 g/mol. The van der Waals surface area contributed by atoms with Gasteiger partial charge in [0.1, 0.15) is 0 Å². The van der Waals surface area contributed by atoms with E-state index in [0.717, 1.165) is 37.9 Å². The third-order valence-corrected chi connectivity index (χ3v) is 3.74. The SMILES string of the molecule is C=C(N)CCCc1ccccc1.CSC(=N)N.NCCc1ccccc1.O. The molecule has 0 aliphatic rings. The zero-order valence-corrected chi connectivity index (χ0v) is 17.0. The van der Waals surface area contributed by atoms with Gasteiger partial charge in [-0.15, -0.1) is 0 Å². The van der Waals surface area contributed by atoms with Crippen LogP contribution in [0.5, 0.6) is 0 Å². The average Bonchev–Trinajstić information content (AvgIpc) is 2.64. The fourth-order valence-electron chi connectivity index (χ4n) is 1.98. The van der Waals surface area contributed by atoms with E-state index in [-0.39, 0.29) is 10.6 Å². The molecule has 0 aliphatic heterocycles. The highest BCUT2D eigenvalue weighted by Gasteiger charge is 1.91. The fraction of sp³-hybridized carbons (Fsp3) is 0.286. The molecule has 0 heterocycles. The Balaban J connectivity index is 0. The summed E-state index contributed by atoms with van der Waals surface area (Å²) in [7, 11) is 0. The molecule has 150 valence electrons. The van der Waals surface area contributed by atoms with Gasteiger partial charge in [0.2, 0.25) is 0 Å². The van der Waals surface area contributed by atoms with Crippen LogP contribution in [-0.2, 0) is 12.8 Å². The van der Waals surface area contributed by atoms with Crippen molar-refractivity contribution in [2.24, 2.45) is 17.2 Å². The molecule has 0 aromatic heterocycles. The second-order valence-corrected chi connectivity index (χ2v) is 6.44. The second kappa shape index (κ2) is 18.5. The Morgan fingerprint density at radius 1 is 0.926 bits per heavy atom. The van der Waals surface area contributed by atoms with Crippen molar-refractivity contribution in [3.63, 3.8) is 0 Å². The minimum Gasteiger partial charge on any atom is -0.412 e. The highest BCUT2D eigenvalue weighted by atomic mass is 32.2. The molecule has 0 spiro atoms. The minimum atomic E-state index is 0. The lowest BCUT2D eigenvalue weighted by molar-refractivity contribution is 0.807. The van der Waals surface area contributed by atoms with E-state index in [2.05, 4.69) is 43.0 Å². The van der Waals surface area contributed by atoms with Gasteiger partial charge in [0.25, 0.3) is 0 Å². The molecule has 0 saturated heterocycles. The number of amidine groups is 1. The Kier molecular flexibility index (Phi) is 18.5. The number of nitrogens with two attached hydrogens (primary N) is 3. The van der Waals surface area contributed by atoms with Crippen molar-refractivity contribution in [1.29, 1.82) is 5.41 Å². The van der Waals surface area contributed by atoms with Crippen molar-refractivity contribution in [3.8, 4) is 0 Å². The van der Waals surface area contributed by atoms with E-state index in [4.69, 9.17) is 22.6 Å². The lowest BCUT2D eigenvalue weighted by atomic mass is 10.1. The number of thioether (sulfide) groups is 1. The standard InChI is InChI=1S/C11H15N.C8H11N.C2H6N2S.H2O/c1-10(12)6-5-9-11-7-3-2-4-8-11;9-7-6-8-4-2-1-3-5-8;1-5-2(3)4;/h2-4,7-8H,1,5-6,9,12H2;1-5H,6-7,9H2;1H3,(H3,3,4);1H2. The molecule has 0 fully saturated rings. The zero-order chi connectivity index (χ0) is 19.6. The van der Waals surface area contributed by atoms with Gasteiger partial charge in [-0.2, -0.15) is 0 Å². The number of allylic oxidation sites excluding steroid dienone is 1. The molecule has 0 radical (unpaired) electrons. The van der Waals surface area contributed by atoms with Crippen LogP contribution in [0.2, 0.25) is 0 Å². The predicted molar refractivity (Wildman–Crippen MR) is 121 cm³/mol. The molecule has 2 aromatic carbocycles. The average molecular weight is 391 g/mol. The van der Waals surface area contributed by atoms with E-state index < -0.39 is 0 Å². The smallest absolute Gasteiger partial charge is 0.150 e. The van der Waals surface area contributed by atoms with Gasteiger partial charge in [0.15, 0.2) is 5.17 Å². The van der Waals surface area contributed by atoms with Gasteiger partial charge < -0.3 is 22.7 Å². The van der Waals surface area contributed by atoms with Crippen LogP contribution >= 0.6 is 11.8 Å². The van der Waals surface area contributed by atoms with E-state index in [1.165, 1.54) is 22.9 Å². The first-order valence-corrected chi connectivity index (χ1v) is 9.81. The molecule has 9 N–H and O–H groups in total. The lowest BCUT2D eigenvalue weighted by Gasteiger charge is -2.00. The zero-order valence-electron chi connectivity index (χ0n) is 16.2. The first kappa shape index (κ1) is 26.9. The molecule has 5 nitrogen and oxygen atoms in total. The molecule has 0 bridgehead atoms. The van der Waals surface area contributed by atoms with Gasteiger partial charge in [-0.3, -0.25) is 5.41 Å². The number of hydrogen-bond acceptors (Lipinski definition) is 4. The molecule has 2 aromatic rings. The molecule has 6 heteroatoms. The van der Waals surface area contributed by atoms with Crippen molar-refractivity contribution in [3.05, 3.63) is 84.1 Å². The fourth-order valence-corrected chi connectivity index (χ4v) is 1.98. The predicted octanol–water partition coefficient (Wildman–Crippen LogP) is 3.09. The molecule has 0 saturated carbocycles. The molecule has 0 unspecified atom stereocenters. The number of hydrogen-bond donors (Lipinski definition) is 4. The van der Waals surface area contributed by atoms with Crippen molar-refractivity contribution in [2.75, 3.05) is 12.8 Å². The van der Waals surface area contributed by atoms with Crippen molar-refractivity contribution >= 4 is 16.9 Å². The van der Waals surface area contributed by atoms with E-state index in [9.17, 15) is 0 Å². The van der Waals surface area contributed by atoms with Gasteiger partial charge in [0, 0.05) is 5.70 Å². The topological polar surface area (TPSA) is 133 Å². The molecule has 27 heavy (non-hydrogen) atoms. The maximum absolute atomic E-state index is 6.48. The maximum Gasteiger partial charge on any atom is 0.150 e. The summed E-state index contributed by atoms with van der Waals surface area (Å²) in [5.74, 6) is 0. The summed E-state index contributed by atoms with van der Waals surface area (Å²) >= 11 is 1.24. The lowest BCUT2D eigenvalue weighted by Crippen LogP contribution is -2.01. The van der Waals surface area contributed by atoms with Crippen LogP contribution in [0, 0.1) is 5.41 Å². The summed E-state index contributed by atoms with van der Waals surface area (Å²) < 4.78 is 0. The number of rotatable bonds is 6. The van der Waals surface area contributed by atoms with E-state index in [1.807, 2.05) is 24.3 Å². The Labute approximate surface area is 167 Å². The van der Waals surface area contributed by atoms with Crippen LogP contribution in [0.15, 0.2) is 72.9 Å². The summed E-state index contributed by atoms with van der Waals surface area (Å²) in [6.07, 6.45) is 5.87. The number of benzene rings is 2. The van der Waals surface area contributed by atoms with Crippen LogP contribution in [0.3, 0.4) is 0 Å². The Morgan fingerprint density at radius 3 is 1.67 bits per heavy atom. The summed E-state index contributed by atoms with van der Waals surface area (Å²) in [6.45, 7) is 4.40. The van der Waals surface area contributed by atoms with Crippen molar-refractivity contribution in [2.45, 2.75) is 25.7 Å². The van der Waals surface area contributed by atoms with E-state index in [0.29, 0.717) is 0 Å². The highest BCUT2D eigenvalue weighted by molar-refractivity contribution is 8.13. The maximum atomic E-state index is 6.48. The molecular formula is C21H34N4OS. The van der Waals surface area contributed by atoms with Crippen LogP contribution in [0.1, 0.15) is 24.0 Å². The molecule has 0 aliphatic carbocycles. The third kappa shape index (κ3) is 18.3. The van der Waals surface area contributed by atoms with Gasteiger partial charge >= 0.3 is 0 Å². The number of nitrogens with one attached hydrogen (secondary N) is 1. The van der Waals surface area contributed by atoms with E-state index in [1.54, 1.807) is 6.26 Å². The molecular weight excluding hydrogens is 356 g/mol. The van der Waals surface area contributed by atoms with Gasteiger partial charge in [-0.1, -0.05) is 79.0 Å². The molecule has 0 amide bonds. The Bertz CT molecular complexity index is 606. The third-order valence-electron chi connectivity index (χ3n) is 3.30. The van der Waals surface area contributed by atoms with Crippen LogP contribution in [0.25, 0.3) is 0 Å². The van der Waals surface area contributed by atoms with Crippen molar-refractivity contribution in [1.82, 2.24) is 0 Å². The summed E-state index contributed by atoms with van der Waals surface area (Å²) in [4.78, 5) is 0. The normalized spacial score (nSPS) is 8.81. The quantitative estimate of drug-likeness (QED) is 0.445. The number of aryl methyl sites for hydroxylation is 1. The van der Waals surface area contributed by atoms with Gasteiger partial charge in [-0.25, -0.2) is 0 Å². The van der Waals surface area contributed by atoms with Crippen LogP contribution in [-0.4, -0.2) is 23.4 Å². The first-order chi connectivity index (χ1) is 12.5. The van der Waals surface area contributed by atoms with Crippen LogP contribution in [0.4, 0.5) is 0 Å². The van der Waals surface area contributed by atoms with Crippen LogP contribution < -0.4 is 17.2 Å². The van der Waals surface area contributed by atoms with Crippen molar-refractivity contribution < 1.29 is 5.48 Å². The van der Waals surface area contributed by atoms with Gasteiger partial charge in [-0.05, 0) is 49.6 Å². The molecule has 2 rings (SSSR count). The van der Waals surface area contributed by atoms with Gasteiger partial charge in [0.05, 0.1) is 0 Å². The largest absolute Gasteiger partial charge is 0.412 e. The van der Waals surface area contributed by atoms with E-state index >= 15 is 0 Å². The first-order valence-electron chi connectivity index (χ1n) is 8.58. The second-order valence-electron chi connectivity index (χ2n) is 5.59. The minimum absolute atomic E-state index is 0. The molecule has 0 atom stereocenters. The summed E-state index contributed by atoms with van der Waals surface area (Å²) in [5.41, 5.74) is 19.1. The highest BCUT2D eigenvalue weighted by Crippen LogP contribution is 2.05. The summed E-state index contributed by atoms with van der Waals surface area (Å²) in [6, 6.07) is 20.7. The Morgan fingerprint density at radius 2 is 1.33 bits per heavy atom. The Hall–Kier alpha value is -2.28. The summed E-state index contributed by atoms with van der Waals surface area (Å²) in [5, 5.41) is 6.66.